The van der Waals surface area contributed by atoms with E-state index in [4.69, 9.17) is 4.74 Å². The van der Waals surface area contributed by atoms with Crippen LogP contribution in [0.5, 0.6) is 5.75 Å². The molecule has 0 heterocycles. The molecule has 0 spiro atoms. The highest BCUT2D eigenvalue weighted by Gasteiger charge is 2.23. The Labute approximate surface area is 170 Å². The number of hydrogen-bond acceptors (Lipinski definition) is 5. The summed E-state index contributed by atoms with van der Waals surface area (Å²) in [6, 6.07) is 9.40. The Hall–Kier alpha value is -3.28. The van der Waals surface area contributed by atoms with Crippen LogP contribution in [-0.2, 0) is 21.4 Å². The first-order chi connectivity index (χ1) is 14.0. The molecule has 0 aliphatic rings. The summed E-state index contributed by atoms with van der Waals surface area (Å²) in [7, 11) is -2.47. The van der Waals surface area contributed by atoms with E-state index in [1.807, 2.05) is 0 Å². The van der Waals surface area contributed by atoms with Crippen LogP contribution in [0, 0.1) is 5.82 Å². The largest absolute Gasteiger partial charge is 0.495 e. The van der Waals surface area contributed by atoms with Crippen LogP contribution < -0.4 is 19.9 Å². The number of alkyl halides is 2. The summed E-state index contributed by atoms with van der Waals surface area (Å²) in [6.07, 6.45) is -2.38. The zero-order valence-electron chi connectivity index (χ0n) is 15.9. The van der Waals surface area contributed by atoms with E-state index in [2.05, 4.69) is 0 Å². The molecule has 2 aromatic carbocycles. The number of ether oxygens (including phenoxy) is 1. The number of carbonyl (C=O) groups is 2. The number of nitrogens with one attached hydrogen (secondary N) is 2. The first-order valence-electron chi connectivity index (χ1n) is 8.32. The van der Waals surface area contributed by atoms with E-state index in [9.17, 15) is 31.2 Å². The SMILES string of the molecule is COc1ccccc1N(Cc1ccc(C(=O)NNC(=O)C(F)F)cc1F)S(C)(=O)=O. The van der Waals surface area contributed by atoms with Crippen LogP contribution in [0.25, 0.3) is 0 Å². The predicted octanol–water partition coefficient (Wildman–Crippen LogP) is 1.83. The average Bonchev–Trinajstić information content (AvgIpc) is 2.69. The van der Waals surface area contributed by atoms with Crippen molar-refractivity contribution in [3.8, 4) is 5.75 Å². The zero-order valence-corrected chi connectivity index (χ0v) is 16.7. The third kappa shape index (κ3) is 5.63. The van der Waals surface area contributed by atoms with Gasteiger partial charge in [0.1, 0.15) is 11.6 Å². The number of amides is 2. The van der Waals surface area contributed by atoms with Gasteiger partial charge < -0.3 is 4.74 Å². The highest BCUT2D eigenvalue weighted by molar-refractivity contribution is 7.92. The Kier molecular flexibility index (Phi) is 7.27. The summed E-state index contributed by atoms with van der Waals surface area (Å²) in [5.74, 6) is -3.40. The van der Waals surface area contributed by atoms with Gasteiger partial charge in [0.15, 0.2) is 0 Å². The third-order valence-electron chi connectivity index (χ3n) is 3.88. The maximum Gasteiger partial charge on any atom is 0.317 e. The van der Waals surface area contributed by atoms with Crippen LogP contribution in [0.1, 0.15) is 15.9 Å². The van der Waals surface area contributed by atoms with E-state index in [1.54, 1.807) is 23.6 Å². The smallest absolute Gasteiger partial charge is 0.317 e. The monoisotopic (exact) mass is 445 g/mol. The van der Waals surface area contributed by atoms with Crippen LogP contribution in [0.4, 0.5) is 18.9 Å². The van der Waals surface area contributed by atoms with Gasteiger partial charge in [-0.15, -0.1) is 0 Å². The van der Waals surface area contributed by atoms with Crippen molar-refractivity contribution >= 4 is 27.5 Å². The number of nitrogens with zero attached hydrogens (tertiary/aromatic N) is 1. The Morgan fingerprint density at radius 3 is 2.37 bits per heavy atom. The molecular formula is C18H18F3N3O5S. The lowest BCUT2D eigenvalue weighted by Gasteiger charge is -2.24. The number of carbonyl (C=O) groups excluding carboxylic acids is 2. The van der Waals surface area contributed by atoms with Crippen molar-refractivity contribution in [1.29, 1.82) is 0 Å². The topological polar surface area (TPSA) is 105 Å². The summed E-state index contributed by atoms with van der Waals surface area (Å²) < 4.78 is 69.4. The minimum Gasteiger partial charge on any atom is -0.495 e. The number of sulfonamides is 1. The molecule has 2 aromatic rings. The van der Waals surface area contributed by atoms with Gasteiger partial charge >= 0.3 is 12.3 Å². The zero-order chi connectivity index (χ0) is 22.5. The molecular weight excluding hydrogens is 427 g/mol. The molecule has 0 atom stereocenters. The number of methoxy groups -OCH3 is 1. The van der Waals surface area contributed by atoms with Crippen molar-refractivity contribution in [2.24, 2.45) is 0 Å². The fourth-order valence-corrected chi connectivity index (χ4v) is 3.32. The third-order valence-corrected chi connectivity index (χ3v) is 5.01. The molecule has 2 amide bonds. The molecule has 0 aliphatic heterocycles. The van der Waals surface area contributed by atoms with E-state index in [0.717, 1.165) is 22.7 Å². The van der Waals surface area contributed by atoms with Crippen molar-refractivity contribution in [2.75, 3.05) is 17.7 Å². The predicted molar refractivity (Wildman–Crippen MR) is 102 cm³/mol. The van der Waals surface area contributed by atoms with Crippen LogP contribution >= 0.6 is 0 Å². The van der Waals surface area contributed by atoms with Crippen molar-refractivity contribution in [2.45, 2.75) is 13.0 Å². The van der Waals surface area contributed by atoms with Crippen LogP contribution in [0.3, 0.4) is 0 Å². The molecule has 2 rings (SSSR count). The minimum absolute atomic E-state index is 0.0560. The van der Waals surface area contributed by atoms with Gasteiger partial charge in [0.2, 0.25) is 10.0 Å². The van der Waals surface area contributed by atoms with Crippen LogP contribution in [0.15, 0.2) is 42.5 Å². The fraction of sp³-hybridized carbons (Fsp3) is 0.222. The van der Waals surface area contributed by atoms with E-state index in [-0.39, 0.29) is 22.6 Å². The molecule has 0 aromatic heterocycles. The van der Waals surface area contributed by atoms with Gasteiger partial charge in [0.25, 0.3) is 5.91 Å². The maximum absolute atomic E-state index is 14.5. The molecule has 0 bridgehead atoms. The van der Waals surface area contributed by atoms with Crippen molar-refractivity contribution in [3.05, 3.63) is 59.4 Å². The molecule has 30 heavy (non-hydrogen) atoms. The molecule has 0 fully saturated rings. The van der Waals surface area contributed by atoms with E-state index < -0.39 is 40.6 Å². The Balaban J connectivity index is 2.26. The Bertz CT molecular complexity index is 1050. The Morgan fingerprint density at radius 2 is 1.80 bits per heavy atom. The first kappa shape index (κ1) is 23.0. The van der Waals surface area contributed by atoms with Gasteiger partial charge in [0, 0.05) is 11.1 Å². The van der Waals surface area contributed by atoms with Gasteiger partial charge in [-0.2, -0.15) is 8.78 Å². The summed E-state index contributed by atoms with van der Waals surface area (Å²) in [4.78, 5) is 22.6. The molecule has 0 aliphatic carbocycles. The van der Waals surface area contributed by atoms with Gasteiger partial charge in [-0.1, -0.05) is 18.2 Å². The van der Waals surface area contributed by atoms with Gasteiger partial charge in [-0.3, -0.25) is 24.7 Å². The van der Waals surface area contributed by atoms with Crippen LogP contribution in [-0.4, -0.2) is 40.0 Å². The second-order valence-corrected chi connectivity index (χ2v) is 7.90. The second kappa shape index (κ2) is 9.48. The number of para-hydroxylation sites is 2. The average molecular weight is 445 g/mol. The molecule has 8 nitrogen and oxygen atoms in total. The van der Waals surface area contributed by atoms with Crippen LogP contribution in [0.2, 0.25) is 0 Å². The summed E-state index contributed by atoms with van der Waals surface area (Å²) in [6.45, 7) is -0.394. The molecule has 0 unspecified atom stereocenters. The van der Waals surface area contributed by atoms with Gasteiger partial charge in [-0.05, 0) is 24.3 Å². The van der Waals surface area contributed by atoms with Crippen molar-refractivity contribution < 1.29 is 35.9 Å². The minimum atomic E-state index is -3.83. The maximum atomic E-state index is 14.5. The van der Waals surface area contributed by atoms with Gasteiger partial charge in [0.05, 0.1) is 25.6 Å². The molecule has 2 N–H and O–H groups in total. The Morgan fingerprint density at radius 1 is 1.13 bits per heavy atom. The molecule has 0 radical (unpaired) electrons. The quantitative estimate of drug-likeness (QED) is 0.633. The number of halogens is 3. The number of benzene rings is 2. The first-order valence-corrected chi connectivity index (χ1v) is 10.2. The lowest BCUT2D eigenvalue weighted by molar-refractivity contribution is -0.132. The number of anilines is 1. The normalized spacial score (nSPS) is 11.1. The van der Waals surface area contributed by atoms with Crippen molar-refractivity contribution in [1.82, 2.24) is 10.9 Å². The number of hydrazine groups is 1. The number of hydrogen-bond donors (Lipinski definition) is 2. The molecule has 162 valence electrons. The highest BCUT2D eigenvalue weighted by Crippen LogP contribution is 2.31. The van der Waals surface area contributed by atoms with Crippen molar-refractivity contribution in [3.63, 3.8) is 0 Å². The van der Waals surface area contributed by atoms with Gasteiger partial charge in [-0.25, -0.2) is 12.8 Å². The lowest BCUT2D eigenvalue weighted by Crippen LogP contribution is -2.44. The molecule has 0 saturated carbocycles. The lowest BCUT2D eigenvalue weighted by atomic mass is 10.1. The molecule has 12 heteroatoms. The van der Waals surface area contributed by atoms with E-state index >= 15 is 0 Å². The van der Waals surface area contributed by atoms with E-state index in [1.165, 1.54) is 24.7 Å². The summed E-state index contributed by atoms with van der Waals surface area (Å²) >= 11 is 0. The molecule has 0 saturated heterocycles. The fourth-order valence-electron chi connectivity index (χ4n) is 2.43. The summed E-state index contributed by atoms with van der Waals surface area (Å²) in [5.41, 5.74) is 3.08. The highest BCUT2D eigenvalue weighted by atomic mass is 32.2. The number of rotatable bonds is 7. The second-order valence-electron chi connectivity index (χ2n) is 5.99. The summed E-state index contributed by atoms with van der Waals surface area (Å²) in [5, 5.41) is 0. The standard InChI is InChI=1S/C18H18F3N3O5S/c1-29-15-6-4-3-5-14(15)24(30(2,27)28)10-12-8-7-11(9-13(12)19)17(25)22-23-18(26)16(20)21/h3-9,16H,10H2,1-2H3,(H,22,25)(H,23,26). The van der Waals surface area contributed by atoms with E-state index in [0.29, 0.717) is 0 Å².